The van der Waals surface area contributed by atoms with Gasteiger partial charge in [0.1, 0.15) is 0 Å². The van der Waals surface area contributed by atoms with Gasteiger partial charge in [0.25, 0.3) is 0 Å². The van der Waals surface area contributed by atoms with Crippen LogP contribution in [0, 0.1) is 5.41 Å². The molecule has 1 nitrogen and oxygen atoms in total. The molecule has 2 aromatic carbocycles. The summed E-state index contributed by atoms with van der Waals surface area (Å²) in [5.74, 6) is -1.76. The van der Waals surface area contributed by atoms with Crippen molar-refractivity contribution in [3.63, 3.8) is 0 Å². The van der Waals surface area contributed by atoms with Crippen LogP contribution in [0.15, 0.2) is 36.4 Å². The molecule has 0 heterocycles. The Morgan fingerprint density at radius 1 is 1.07 bits per heavy atom. The molecule has 0 spiro atoms. The summed E-state index contributed by atoms with van der Waals surface area (Å²) < 4.78 is 40.8. The van der Waals surface area contributed by atoms with Crippen LogP contribution in [0.1, 0.15) is 40.5 Å². The lowest BCUT2D eigenvalue weighted by Gasteiger charge is -2.18. The summed E-state index contributed by atoms with van der Waals surface area (Å²) in [6.07, 6.45) is 1.14. The van der Waals surface area contributed by atoms with Crippen LogP contribution in [0.3, 0.4) is 0 Å². The first-order chi connectivity index (χ1) is 12.7. The number of alkyl halides is 3. The summed E-state index contributed by atoms with van der Waals surface area (Å²) in [6, 6.07) is 7.92. The van der Waals surface area contributed by atoms with Crippen molar-refractivity contribution in [1.29, 1.82) is 5.41 Å². The Bertz CT molecular complexity index is 883. The zero-order valence-corrected chi connectivity index (χ0v) is 16.2. The molecule has 0 fully saturated rings. The Morgan fingerprint density at radius 3 is 2.33 bits per heavy atom. The second-order valence-corrected chi connectivity index (χ2v) is 7.64. The van der Waals surface area contributed by atoms with Gasteiger partial charge in [-0.2, -0.15) is 13.2 Å². The molecule has 2 unspecified atom stereocenters. The highest BCUT2D eigenvalue weighted by molar-refractivity contribution is 6.48. The molecule has 0 amide bonds. The first kappa shape index (κ1) is 20.2. The molecule has 2 aromatic rings. The van der Waals surface area contributed by atoms with E-state index in [-0.39, 0.29) is 26.5 Å². The molecule has 0 radical (unpaired) electrons. The molecular weight excluding hydrogens is 418 g/mol. The molecule has 0 saturated heterocycles. The Labute approximate surface area is 170 Å². The van der Waals surface area contributed by atoms with Gasteiger partial charge >= 0.3 is 6.18 Å². The topological polar surface area (TPSA) is 23.9 Å². The van der Waals surface area contributed by atoms with E-state index in [2.05, 4.69) is 0 Å². The van der Waals surface area contributed by atoms with E-state index in [1.165, 1.54) is 24.4 Å². The average Bonchev–Trinajstić information content (AvgIpc) is 3.01. The Morgan fingerprint density at radius 2 is 1.74 bits per heavy atom. The maximum absolute atomic E-state index is 13.6. The third-order valence-electron chi connectivity index (χ3n) is 4.69. The number of hydrogen-bond donors (Lipinski definition) is 1. The van der Waals surface area contributed by atoms with Crippen LogP contribution in [0.25, 0.3) is 6.08 Å². The second-order valence-electron chi connectivity index (χ2n) is 6.45. The number of nitrogens with one attached hydrogen (secondary N) is 1. The molecule has 0 bridgehead atoms. The SMILES string of the molecule is N=CC1CCc2cc(/C=C/C(c3cc(Cl)c(Cl)c(Cl)c3)C(F)(F)F)ccc21. The first-order valence-corrected chi connectivity index (χ1v) is 9.37. The van der Waals surface area contributed by atoms with Crippen molar-refractivity contribution in [1.82, 2.24) is 0 Å². The standard InChI is InChI=1S/C20H15Cl3F3N/c21-17-8-14(9-18(22)19(17)23)16(20(24,25)26)6-2-11-1-5-15-12(7-11)3-4-13(15)10-27/h1-2,5-10,13,16,27H,3-4H2/b6-2+,27-10?. The Balaban J connectivity index is 1.93. The third-order valence-corrected chi connectivity index (χ3v) is 5.89. The van der Waals surface area contributed by atoms with Crippen LogP contribution in [0.5, 0.6) is 0 Å². The minimum Gasteiger partial charge on any atom is -0.312 e. The molecule has 1 aliphatic rings. The molecule has 27 heavy (non-hydrogen) atoms. The highest BCUT2D eigenvalue weighted by Crippen LogP contribution is 2.41. The smallest absolute Gasteiger partial charge is 0.312 e. The van der Waals surface area contributed by atoms with Gasteiger partial charge in [-0.15, -0.1) is 0 Å². The zero-order chi connectivity index (χ0) is 19.8. The molecule has 142 valence electrons. The molecular formula is C20H15Cl3F3N. The molecule has 2 atom stereocenters. The van der Waals surface area contributed by atoms with Crippen molar-refractivity contribution in [2.75, 3.05) is 0 Å². The lowest BCUT2D eigenvalue weighted by atomic mass is 9.96. The third kappa shape index (κ3) is 4.34. The van der Waals surface area contributed by atoms with E-state index < -0.39 is 12.1 Å². The van der Waals surface area contributed by atoms with E-state index in [0.29, 0.717) is 5.56 Å². The fourth-order valence-corrected chi connectivity index (χ4v) is 3.93. The summed E-state index contributed by atoms with van der Waals surface area (Å²) in [5.41, 5.74) is 2.76. The van der Waals surface area contributed by atoms with Gasteiger partial charge in [-0.3, -0.25) is 0 Å². The van der Waals surface area contributed by atoms with E-state index in [0.717, 1.165) is 30.0 Å². The predicted molar refractivity (Wildman–Crippen MR) is 106 cm³/mol. The first-order valence-electron chi connectivity index (χ1n) is 8.23. The minimum atomic E-state index is -4.50. The minimum absolute atomic E-state index is 0.0166. The molecule has 7 heteroatoms. The Kier molecular flexibility index (Phi) is 5.90. The number of fused-ring (bicyclic) bond motifs is 1. The van der Waals surface area contributed by atoms with Gasteiger partial charge < -0.3 is 5.41 Å². The average molecular weight is 433 g/mol. The lowest BCUT2D eigenvalue weighted by Crippen LogP contribution is -2.19. The van der Waals surface area contributed by atoms with Gasteiger partial charge in [-0.05, 0) is 47.2 Å². The number of rotatable bonds is 4. The molecule has 0 aromatic heterocycles. The highest BCUT2D eigenvalue weighted by atomic mass is 35.5. The van der Waals surface area contributed by atoms with Gasteiger partial charge in [-0.25, -0.2) is 0 Å². The van der Waals surface area contributed by atoms with E-state index in [9.17, 15) is 13.2 Å². The fraction of sp³-hybridized carbons (Fsp3) is 0.250. The Hall–Kier alpha value is -1.49. The second kappa shape index (κ2) is 7.86. The van der Waals surface area contributed by atoms with Crippen molar-refractivity contribution in [2.45, 2.75) is 30.9 Å². The largest absolute Gasteiger partial charge is 0.399 e. The number of hydrogen-bond acceptors (Lipinski definition) is 1. The van der Waals surface area contributed by atoms with Gasteiger partial charge in [0.15, 0.2) is 0 Å². The van der Waals surface area contributed by atoms with Crippen molar-refractivity contribution in [3.8, 4) is 0 Å². The fourth-order valence-electron chi connectivity index (χ4n) is 3.32. The predicted octanol–water partition coefficient (Wildman–Crippen LogP) is 7.69. The molecule has 1 N–H and O–H groups in total. The summed E-state index contributed by atoms with van der Waals surface area (Å²) in [4.78, 5) is 0. The maximum atomic E-state index is 13.6. The van der Waals surface area contributed by atoms with Gasteiger partial charge in [0.05, 0.1) is 21.0 Å². The van der Waals surface area contributed by atoms with Crippen LogP contribution in [-0.4, -0.2) is 12.4 Å². The van der Waals surface area contributed by atoms with Crippen molar-refractivity contribution >= 4 is 47.1 Å². The van der Waals surface area contributed by atoms with E-state index in [1.807, 2.05) is 12.1 Å². The number of benzene rings is 2. The molecule has 1 aliphatic carbocycles. The number of halogens is 6. The normalized spacial score (nSPS) is 17.9. The van der Waals surface area contributed by atoms with E-state index in [4.69, 9.17) is 40.2 Å². The van der Waals surface area contributed by atoms with Gasteiger partial charge in [0, 0.05) is 12.1 Å². The number of aryl methyl sites for hydroxylation is 1. The number of allylic oxidation sites excluding steroid dienone is 1. The van der Waals surface area contributed by atoms with Crippen LogP contribution >= 0.6 is 34.8 Å². The monoisotopic (exact) mass is 431 g/mol. The summed E-state index contributed by atoms with van der Waals surface area (Å²) in [5, 5.41) is 7.44. The van der Waals surface area contributed by atoms with Crippen molar-refractivity contribution in [3.05, 3.63) is 73.7 Å². The molecule has 0 saturated carbocycles. The quantitative estimate of drug-likeness (QED) is 0.378. The highest BCUT2D eigenvalue weighted by Gasteiger charge is 2.39. The van der Waals surface area contributed by atoms with Gasteiger partial charge in [-0.1, -0.05) is 65.2 Å². The molecule has 0 aliphatic heterocycles. The van der Waals surface area contributed by atoms with Crippen LogP contribution < -0.4 is 0 Å². The van der Waals surface area contributed by atoms with Crippen molar-refractivity contribution < 1.29 is 13.2 Å². The summed E-state index contributed by atoms with van der Waals surface area (Å²) >= 11 is 17.6. The maximum Gasteiger partial charge on any atom is 0.399 e. The zero-order valence-electron chi connectivity index (χ0n) is 14.0. The summed E-state index contributed by atoms with van der Waals surface area (Å²) in [6.45, 7) is 0. The van der Waals surface area contributed by atoms with Crippen LogP contribution in [-0.2, 0) is 6.42 Å². The van der Waals surface area contributed by atoms with Gasteiger partial charge in [0.2, 0.25) is 0 Å². The lowest BCUT2D eigenvalue weighted by molar-refractivity contribution is -0.139. The van der Waals surface area contributed by atoms with Crippen LogP contribution in [0.2, 0.25) is 15.1 Å². The van der Waals surface area contributed by atoms with Crippen molar-refractivity contribution in [2.24, 2.45) is 0 Å². The van der Waals surface area contributed by atoms with E-state index >= 15 is 0 Å². The van der Waals surface area contributed by atoms with E-state index in [1.54, 1.807) is 6.07 Å². The summed E-state index contributed by atoms with van der Waals surface area (Å²) in [7, 11) is 0. The molecule has 3 rings (SSSR count). The van der Waals surface area contributed by atoms with Crippen LogP contribution in [0.4, 0.5) is 13.2 Å².